The number of rotatable bonds is 32. The Morgan fingerprint density at radius 3 is 0.847 bits per heavy atom. The Morgan fingerprint density at radius 1 is 0.236 bits per heavy atom. The van der Waals surface area contributed by atoms with Crippen molar-refractivity contribution in [2.24, 2.45) is 0 Å². The van der Waals surface area contributed by atoms with Gasteiger partial charge in [-0.25, -0.2) is 0 Å². The van der Waals surface area contributed by atoms with Crippen LogP contribution in [-0.2, 0) is 94.7 Å². The Morgan fingerprint density at radius 2 is 0.500 bits per heavy atom. The van der Waals surface area contributed by atoms with Crippen LogP contribution in [0.1, 0.15) is 117 Å². The van der Waals surface area contributed by atoms with Gasteiger partial charge in [0.15, 0.2) is 31.5 Å². The molecule has 20 heteroatoms. The van der Waals surface area contributed by atoms with Gasteiger partial charge in [0.25, 0.3) is 0 Å². The highest BCUT2D eigenvalue weighted by atomic mass is 16.8. The Balaban J connectivity index is 0.000000483. The second-order valence-electron chi connectivity index (χ2n) is 16.0. The van der Waals surface area contributed by atoms with Gasteiger partial charge < -0.3 is 94.7 Å². The molecular weight excluding hydrogens is 945 g/mol. The van der Waals surface area contributed by atoms with Crippen LogP contribution in [0.5, 0.6) is 0 Å². The van der Waals surface area contributed by atoms with Gasteiger partial charge in [-0.3, -0.25) is 0 Å². The van der Waals surface area contributed by atoms with Gasteiger partial charge in [-0.15, -0.1) is 0 Å². The van der Waals surface area contributed by atoms with Gasteiger partial charge in [0.2, 0.25) is 0 Å². The monoisotopic (exact) mass is 1050 g/mol. The van der Waals surface area contributed by atoms with Crippen LogP contribution in [0.4, 0.5) is 0 Å². The molecule has 72 heavy (non-hydrogen) atoms. The Labute approximate surface area is 435 Å². The van der Waals surface area contributed by atoms with Crippen LogP contribution in [0.15, 0.2) is 0 Å². The Kier molecular flexibility index (Phi) is 42.5. The summed E-state index contributed by atoms with van der Waals surface area (Å²) in [5.74, 6) is 0. The first-order valence-corrected chi connectivity index (χ1v) is 27.5. The van der Waals surface area contributed by atoms with Crippen molar-refractivity contribution in [3.63, 3.8) is 0 Å². The highest BCUT2D eigenvalue weighted by Crippen LogP contribution is 2.30. The lowest BCUT2D eigenvalue weighted by Gasteiger charge is -2.45. The van der Waals surface area contributed by atoms with Crippen molar-refractivity contribution in [2.45, 2.75) is 216 Å². The Bertz CT molecular complexity index is 1090. The molecule has 16 atom stereocenters. The molecule has 0 aromatic heterocycles. The number of hydrogen-bond donors (Lipinski definition) is 0. The summed E-state index contributed by atoms with van der Waals surface area (Å²) < 4.78 is 114. The highest BCUT2D eigenvalue weighted by Gasteiger charge is 2.49. The lowest BCUT2D eigenvalue weighted by atomic mass is 10.0. The molecule has 0 aliphatic carbocycles. The summed E-state index contributed by atoms with van der Waals surface area (Å²) in [4.78, 5) is 0. The molecule has 0 aromatic rings. The van der Waals surface area contributed by atoms with E-state index in [0.29, 0.717) is 126 Å². The fourth-order valence-corrected chi connectivity index (χ4v) is 8.62. The molecule has 0 bridgehead atoms. The van der Waals surface area contributed by atoms with Crippen LogP contribution in [0.25, 0.3) is 0 Å². The molecule has 0 spiro atoms. The van der Waals surface area contributed by atoms with Gasteiger partial charge in [0.1, 0.15) is 61.0 Å². The van der Waals surface area contributed by atoms with Gasteiger partial charge >= 0.3 is 0 Å². The molecule has 4 aliphatic heterocycles. The number of hydrogen-bond acceptors (Lipinski definition) is 20. The predicted molar refractivity (Wildman–Crippen MR) is 270 cm³/mol. The van der Waals surface area contributed by atoms with E-state index in [1.54, 1.807) is 0 Å². The summed E-state index contributed by atoms with van der Waals surface area (Å²) in [7, 11) is 0. The summed E-state index contributed by atoms with van der Waals surface area (Å²) in [5.41, 5.74) is 0. The number of ether oxygens (including phenoxy) is 20. The van der Waals surface area contributed by atoms with Crippen LogP contribution in [0, 0.1) is 0 Å². The van der Waals surface area contributed by atoms with Gasteiger partial charge in [-0.2, -0.15) is 0 Å². The molecule has 0 amide bonds. The van der Waals surface area contributed by atoms with Crippen molar-refractivity contribution in [1.82, 2.24) is 0 Å². The largest absolute Gasteiger partial charge is 0.376 e. The van der Waals surface area contributed by atoms with Crippen LogP contribution < -0.4 is 0 Å². The normalized spacial score (nSPS) is 32.7. The van der Waals surface area contributed by atoms with Crippen molar-refractivity contribution in [1.29, 1.82) is 0 Å². The first kappa shape index (κ1) is 69.2. The van der Waals surface area contributed by atoms with Gasteiger partial charge in [-0.1, -0.05) is 0 Å². The topological polar surface area (TPSA) is 185 Å². The van der Waals surface area contributed by atoms with E-state index in [0.717, 1.165) is 6.42 Å². The minimum atomic E-state index is -0.514. The van der Waals surface area contributed by atoms with E-state index in [2.05, 4.69) is 0 Å². The van der Waals surface area contributed by atoms with Crippen molar-refractivity contribution in [3.05, 3.63) is 0 Å². The first-order valence-electron chi connectivity index (χ1n) is 27.5. The Hall–Kier alpha value is -0.800. The highest BCUT2D eigenvalue weighted by molar-refractivity contribution is 4.91. The summed E-state index contributed by atoms with van der Waals surface area (Å²) in [6, 6.07) is 0. The van der Waals surface area contributed by atoms with Crippen molar-refractivity contribution in [2.75, 3.05) is 126 Å². The van der Waals surface area contributed by atoms with E-state index in [1.165, 1.54) is 0 Å². The third-order valence-corrected chi connectivity index (χ3v) is 11.2. The molecule has 0 aromatic carbocycles. The molecule has 4 rings (SSSR count). The molecule has 20 nitrogen and oxygen atoms in total. The maximum Gasteiger partial charge on any atom is 0.189 e. The van der Waals surface area contributed by atoms with Gasteiger partial charge in [0, 0.05) is 112 Å². The van der Waals surface area contributed by atoms with Crippen molar-refractivity contribution < 1.29 is 94.7 Å². The zero-order chi connectivity index (χ0) is 53.5. The van der Waals surface area contributed by atoms with Crippen LogP contribution in [-0.4, -0.2) is 224 Å². The molecule has 4 aliphatic rings. The van der Waals surface area contributed by atoms with Crippen LogP contribution >= 0.6 is 0 Å². The van der Waals surface area contributed by atoms with Crippen molar-refractivity contribution in [3.8, 4) is 0 Å². The van der Waals surface area contributed by atoms with Crippen LogP contribution in [0.2, 0.25) is 0 Å². The lowest BCUT2D eigenvalue weighted by Crippen LogP contribution is -2.61. The molecule has 0 radical (unpaired) electrons. The van der Waals surface area contributed by atoms with E-state index >= 15 is 0 Å². The van der Waals surface area contributed by atoms with Gasteiger partial charge in [0.05, 0.1) is 25.9 Å². The zero-order valence-electron chi connectivity index (χ0n) is 47.5. The quantitative estimate of drug-likeness (QED) is 0.0691. The molecule has 0 saturated carbocycles. The SMILES string of the molecule is CCOC1C[C@H](OCC)[C@H](OCC)CO1.CCOC1OC[C@@H](OCC)[C@@H](OCC)[C@@H]1OCC.CCOC1[C@@H](OCC)[C@@H](OCC)O[C@H](OCC)[C@H]1OCC.CCO[C@@H]1OC[C@@H](OCC)[C@@H](OCC)[C@@H]1OCC. The zero-order valence-corrected chi connectivity index (χ0v) is 47.5. The fourth-order valence-electron chi connectivity index (χ4n) is 8.62. The fraction of sp³-hybridized carbons (Fsp3) is 1.00. The smallest absolute Gasteiger partial charge is 0.189 e. The molecule has 3 unspecified atom stereocenters. The maximum absolute atomic E-state index is 5.90. The average molecular weight is 1050 g/mol. The molecular formula is C52H104O20. The minimum Gasteiger partial charge on any atom is -0.376 e. The molecule has 4 heterocycles. The summed E-state index contributed by atoms with van der Waals surface area (Å²) in [6.45, 7) is 42.5. The minimum absolute atomic E-state index is 0.0478. The lowest BCUT2D eigenvalue weighted by molar-refractivity contribution is -0.363. The third-order valence-electron chi connectivity index (χ3n) is 11.2. The van der Waals surface area contributed by atoms with Crippen molar-refractivity contribution >= 4 is 0 Å². The summed E-state index contributed by atoms with van der Waals surface area (Å²) in [6.07, 6.45) is -2.89. The van der Waals surface area contributed by atoms with E-state index in [1.807, 2.05) is 111 Å². The average Bonchev–Trinajstić information content (AvgIpc) is 3.37. The second kappa shape index (κ2) is 44.2. The first-order chi connectivity index (χ1) is 35.1. The molecule has 4 fully saturated rings. The predicted octanol–water partition coefficient (Wildman–Crippen LogP) is 6.73. The maximum atomic E-state index is 5.90. The molecule has 0 N–H and O–H groups in total. The molecule has 4 saturated heterocycles. The molecule has 432 valence electrons. The standard InChI is InChI=1S/C15H30O6.2C13H26O5.C11H22O4/c1-6-16-11-12(17-7-2)14(19-9-4)21-15(20-10-5)13(11)18-8-3;2*1-5-14-10-9-18-13(17-8-4)12(16-7-3)11(10)15-6-2;1-4-12-9-7-11(14-6-3)15-8-10(9)13-5-2/h11-15H,6-10H2,1-5H3;2*10-13H,5-9H2,1-4H3;9-11H,4-8H2,1-3H3/t11?,12-,13+,14-,15-;10-,11-,12+,13?;10-,11-,12+,13-;9-,10+,11?/m0110/s1. The van der Waals surface area contributed by atoms with Crippen LogP contribution in [0.3, 0.4) is 0 Å². The second-order valence-corrected chi connectivity index (χ2v) is 16.0. The van der Waals surface area contributed by atoms with E-state index in [9.17, 15) is 0 Å². The van der Waals surface area contributed by atoms with E-state index in [4.69, 9.17) is 94.7 Å². The van der Waals surface area contributed by atoms with E-state index in [-0.39, 0.29) is 86.0 Å². The van der Waals surface area contributed by atoms with E-state index < -0.39 is 12.6 Å². The van der Waals surface area contributed by atoms with Gasteiger partial charge in [-0.05, 0) is 111 Å². The summed E-state index contributed by atoms with van der Waals surface area (Å²) in [5, 5.41) is 0. The third kappa shape index (κ3) is 24.7. The summed E-state index contributed by atoms with van der Waals surface area (Å²) >= 11 is 0.